The molecule has 1 aromatic carbocycles. The second-order valence-electron chi connectivity index (χ2n) is 15.3. The lowest BCUT2D eigenvalue weighted by molar-refractivity contribution is -0.386. The van der Waals surface area contributed by atoms with Crippen molar-refractivity contribution < 1.29 is 28.0 Å². The van der Waals surface area contributed by atoms with Crippen molar-refractivity contribution >= 4 is 45.3 Å². The number of rotatable bonds is 11. The molecule has 0 spiro atoms. The molecule has 3 heterocycles. The third kappa shape index (κ3) is 8.08. The lowest BCUT2D eigenvalue weighted by Crippen LogP contribution is -2.48. The average molecular weight is 687 g/mol. The third-order valence-electron chi connectivity index (χ3n) is 9.69. The number of imidazole rings is 1. The molecule has 2 aromatic heterocycles. The van der Waals surface area contributed by atoms with Crippen molar-refractivity contribution in [2.24, 2.45) is 0 Å². The number of hydrogen-bond acceptors (Lipinski definition) is 10. The lowest BCUT2D eigenvalue weighted by Gasteiger charge is -2.40. The molecule has 4 rings (SSSR count). The fourth-order valence-electron chi connectivity index (χ4n) is 4.83. The van der Waals surface area contributed by atoms with Gasteiger partial charge in [-0.25, -0.2) is 4.98 Å². The van der Waals surface area contributed by atoms with Gasteiger partial charge in [0.1, 0.15) is 18.4 Å². The van der Waals surface area contributed by atoms with Crippen LogP contribution in [0.1, 0.15) is 79.7 Å². The number of carbonyl (C=O) groups is 1. The van der Waals surface area contributed by atoms with E-state index in [0.29, 0.717) is 29.8 Å². The van der Waals surface area contributed by atoms with Crippen molar-refractivity contribution in [1.29, 1.82) is 0 Å². The van der Waals surface area contributed by atoms with Crippen LogP contribution < -0.4 is 10.1 Å². The van der Waals surface area contributed by atoms with Gasteiger partial charge in [0.15, 0.2) is 27.8 Å². The normalized spacial score (nSPS) is 20.0. The van der Waals surface area contributed by atoms with E-state index < -0.39 is 33.9 Å². The summed E-state index contributed by atoms with van der Waals surface area (Å²) in [5.74, 6) is -0.273. The molecule has 1 N–H and O–H groups in total. The summed E-state index contributed by atoms with van der Waals surface area (Å²) in [6.07, 6.45) is 0.340. The van der Waals surface area contributed by atoms with Gasteiger partial charge in [0.25, 0.3) is 5.69 Å². The molecule has 4 atom stereocenters. The van der Waals surface area contributed by atoms with Gasteiger partial charge in [-0.05, 0) is 49.3 Å². The average Bonchev–Trinajstić information content (AvgIpc) is 3.54. The van der Waals surface area contributed by atoms with E-state index >= 15 is 0 Å². The molecule has 258 valence electrons. The van der Waals surface area contributed by atoms with Gasteiger partial charge in [0, 0.05) is 19.4 Å². The lowest BCUT2D eigenvalue weighted by atomic mass is 10.1. The number of nitro groups is 1. The number of ether oxygens (including phenoxy) is 2. The van der Waals surface area contributed by atoms with E-state index in [0.717, 1.165) is 0 Å². The summed E-state index contributed by atoms with van der Waals surface area (Å²) < 4.78 is 28.3. The van der Waals surface area contributed by atoms with Crippen molar-refractivity contribution in [3.63, 3.8) is 0 Å². The van der Waals surface area contributed by atoms with Crippen LogP contribution in [-0.2, 0) is 18.4 Å². The maximum Gasteiger partial charge on any atom is 0.276 e. The van der Waals surface area contributed by atoms with Gasteiger partial charge >= 0.3 is 0 Å². The summed E-state index contributed by atoms with van der Waals surface area (Å²) in [4.78, 5) is 36.9. The van der Waals surface area contributed by atoms with E-state index in [-0.39, 0.29) is 45.7 Å². The van der Waals surface area contributed by atoms with Crippen LogP contribution in [0.4, 0.5) is 11.6 Å². The highest BCUT2D eigenvalue weighted by Crippen LogP contribution is 2.43. The molecule has 1 aliphatic heterocycles. The van der Waals surface area contributed by atoms with Gasteiger partial charge in [-0.2, -0.15) is 9.97 Å². The van der Waals surface area contributed by atoms with Crippen LogP contribution >= 0.6 is 0 Å². The summed E-state index contributed by atoms with van der Waals surface area (Å²) in [5, 5.41) is 14.4. The molecule has 1 unspecified atom stereocenters. The van der Waals surface area contributed by atoms with Gasteiger partial charge < -0.3 is 18.3 Å². The Labute approximate surface area is 279 Å². The summed E-state index contributed by atoms with van der Waals surface area (Å²) in [6.45, 7) is 25.6. The van der Waals surface area contributed by atoms with Crippen molar-refractivity contribution in [3.05, 3.63) is 46.3 Å². The molecule has 0 bridgehead atoms. The Morgan fingerprint density at radius 1 is 1.11 bits per heavy atom. The van der Waals surface area contributed by atoms with Crippen molar-refractivity contribution in [3.8, 4) is 5.88 Å². The first-order valence-electron chi connectivity index (χ1n) is 16.0. The second kappa shape index (κ2) is 13.3. The zero-order valence-corrected chi connectivity index (χ0v) is 31.7. The molecule has 47 heavy (non-hydrogen) atoms. The van der Waals surface area contributed by atoms with E-state index in [2.05, 4.69) is 88.0 Å². The molecular formula is C32H50N6O7Si2. The number of carbonyl (C=O) groups excluding carboxylic acids is 1. The van der Waals surface area contributed by atoms with Crippen LogP contribution in [0.15, 0.2) is 30.6 Å². The quantitative estimate of drug-likeness (QED) is 0.122. The Morgan fingerprint density at radius 3 is 2.34 bits per heavy atom. The zero-order chi connectivity index (χ0) is 35.1. The van der Waals surface area contributed by atoms with Gasteiger partial charge in [-0.1, -0.05) is 53.7 Å². The van der Waals surface area contributed by atoms with Gasteiger partial charge in [0.05, 0.1) is 29.5 Å². The number of nitro benzene ring substituents is 1. The van der Waals surface area contributed by atoms with Gasteiger partial charge in [0.2, 0.25) is 17.7 Å². The fraction of sp³-hybridized carbons (Fsp3) is 0.625. The van der Waals surface area contributed by atoms with Crippen LogP contribution in [0.2, 0.25) is 36.3 Å². The zero-order valence-electron chi connectivity index (χ0n) is 29.7. The summed E-state index contributed by atoms with van der Waals surface area (Å²) >= 11 is 0. The van der Waals surface area contributed by atoms with Crippen LogP contribution in [0.5, 0.6) is 5.88 Å². The van der Waals surface area contributed by atoms with Crippen LogP contribution in [-0.4, -0.2) is 65.8 Å². The maximum absolute atomic E-state index is 12.0. The highest BCUT2D eigenvalue weighted by molar-refractivity contribution is 6.74. The topological polar surface area (TPSA) is 153 Å². The third-order valence-corrected chi connectivity index (χ3v) is 18.7. The largest absolute Gasteiger partial charge is 0.468 e. The highest BCUT2D eigenvalue weighted by atomic mass is 28.4. The standard InChI is InChI=1S/C32H50N6O7Si2/c1-20(22-15-13-14-16-23(22)38(40)41)43-29-27-28(35-30(36-29)34-21(2)39)37(19-33-27)26-17-24(45-47(11,12)32(6,7)8)25(44-26)18-42-46(9,10)31(3,4)5/h13-16,19-20,24-26H,17-18H2,1-12H3,(H,34,35,36,39)/t20?,24-,25-,26-/m1/s1. The number of fused-ring (bicyclic) bond motifs is 1. The van der Waals surface area contributed by atoms with E-state index in [4.69, 9.17) is 18.3 Å². The molecule has 1 aliphatic rings. The number of amides is 1. The Hall–Kier alpha value is -3.25. The minimum atomic E-state index is -2.18. The molecule has 1 amide bonds. The van der Waals surface area contributed by atoms with Crippen LogP contribution in [0.25, 0.3) is 11.2 Å². The SMILES string of the molecule is CC(=O)Nc1nc(OC(C)c2ccccc2[N+](=O)[O-])c2ncn([C@H]3C[C@@H](O[Si](C)(C)C(C)(C)C)[C@@H](CO[Si](C)(C)C(C)(C)C)O3)c2n1. The molecule has 1 fully saturated rings. The minimum Gasteiger partial charge on any atom is -0.468 e. The van der Waals surface area contributed by atoms with Crippen molar-refractivity contribution in [2.45, 2.75) is 123 Å². The molecule has 0 radical (unpaired) electrons. The predicted octanol–water partition coefficient (Wildman–Crippen LogP) is 7.53. The van der Waals surface area contributed by atoms with Crippen LogP contribution in [0.3, 0.4) is 0 Å². The first kappa shape index (κ1) is 36.6. The van der Waals surface area contributed by atoms with Gasteiger partial charge in [-0.3, -0.25) is 24.8 Å². The van der Waals surface area contributed by atoms with Gasteiger partial charge in [-0.15, -0.1) is 0 Å². The number of nitrogens with zero attached hydrogens (tertiary/aromatic N) is 5. The number of aromatic nitrogens is 4. The molecule has 3 aromatic rings. The van der Waals surface area contributed by atoms with E-state index in [1.807, 2.05) is 0 Å². The minimum absolute atomic E-state index is 0.00509. The fourth-order valence-corrected chi connectivity index (χ4v) is 7.21. The molecule has 13 nitrogen and oxygen atoms in total. The Balaban J connectivity index is 1.72. The number of benzene rings is 1. The molecular weight excluding hydrogens is 637 g/mol. The number of para-hydroxylation sites is 1. The first-order valence-corrected chi connectivity index (χ1v) is 21.8. The number of nitrogens with one attached hydrogen (secondary N) is 1. The molecule has 1 saturated heterocycles. The summed E-state index contributed by atoms with van der Waals surface area (Å²) in [7, 11) is -4.26. The van der Waals surface area contributed by atoms with Crippen molar-refractivity contribution in [1.82, 2.24) is 19.5 Å². The number of anilines is 1. The summed E-state index contributed by atoms with van der Waals surface area (Å²) in [6, 6.07) is 6.37. The highest BCUT2D eigenvalue weighted by Gasteiger charge is 2.47. The Kier molecular flexibility index (Phi) is 10.4. The predicted molar refractivity (Wildman–Crippen MR) is 186 cm³/mol. The molecule has 0 saturated carbocycles. The van der Waals surface area contributed by atoms with E-state index in [9.17, 15) is 14.9 Å². The van der Waals surface area contributed by atoms with E-state index in [1.165, 1.54) is 13.0 Å². The van der Waals surface area contributed by atoms with E-state index in [1.54, 1.807) is 36.0 Å². The monoisotopic (exact) mass is 686 g/mol. The smallest absolute Gasteiger partial charge is 0.276 e. The van der Waals surface area contributed by atoms with Crippen LogP contribution in [0, 0.1) is 10.1 Å². The molecule has 0 aliphatic carbocycles. The summed E-state index contributed by atoms with van der Waals surface area (Å²) in [5.41, 5.74) is 1.02. The second-order valence-corrected chi connectivity index (χ2v) is 24.9. The van der Waals surface area contributed by atoms with Crippen molar-refractivity contribution in [2.75, 3.05) is 11.9 Å². The number of hydrogen-bond donors (Lipinski definition) is 1. The Bertz CT molecular complexity index is 1620. The first-order chi connectivity index (χ1) is 21.6. The maximum atomic E-state index is 12.0. The Morgan fingerprint density at radius 2 is 1.74 bits per heavy atom. The molecule has 15 heteroatoms.